The first-order chi connectivity index (χ1) is 11.7. The van der Waals surface area contributed by atoms with Crippen molar-refractivity contribution in [2.24, 2.45) is 0 Å². The standard InChI is InChI=1S/C20H23NO3/c22-19(21-14-8-7-13-20(23)24)15-18(16-9-3-1-4-10-16)17-11-5-2-6-12-17/h1-6,9-12,18H,7-8,13-15H2,(H,21,22)(H,23,24). The van der Waals surface area contributed by atoms with Gasteiger partial charge in [0.25, 0.3) is 0 Å². The fourth-order valence-electron chi connectivity index (χ4n) is 2.69. The first-order valence-electron chi connectivity index (χ1n) is 8.25. The van der Waals surface area contributed by atoms with Crippen LogP contribution in [-0.4, -0.2) is 23.5 Å². The summed E-state index contributed by atoms with van der Waals surface area (Å²) in [6.45, 7) is 0.516. The molecule has 4 nitrogen and oxygen atoms in total. The Morgan fingerprint density at radius 2 is 1.42 bits per heavy atom. The normalized spacial score (nSPS) is 10.5. The van der Waals surface area contributed by atoms with E-state index in [-0.39, 0.29) is 18.2 Å². The number of carbonyl (C=O) groups excluding carboxylic acids is 1. The molecule has 2 aromatic rings. The maximum Gasteiger partial charge on any atom is 0.303 e. The third-order valence-corrected chi connectivity index (χ3v) is 3.93. The Morgan fingerprint density at radius 1 is 0.875 bits per heavy atom. The van der Waals surface area contributed by atoms with Crippen molar-refractivity contribution in [3.63, 3.8) is 0 Å². The number of hydrogen-bond donors (Lipinski definition) is 2. The van der Waals surface area contributed by atoms with Crippen LogP contribution in [0.1, 0.15) is 42.7 Å². The Bertz CT molecular complexity index is 601. The quantitative estimate of drug-likeness (QED) is 0.693. The first kappa shape index (κ1) is 17.7. The predicted molar refractivity (Wildman–Crippen MR) is 93.8 cm³/mol. The topological polar surface area (TPSA) is 66.4 Å². The molecule has 2 aromatic carbocycles. The van der Waals surface area contributed by atoms with E-state index in [4.69, 9.17) is 5.11 Å². The van der Waals surface area contributed by atoms with Crippen molar-refractivity contribution < 1.29 is 14.7 Å². The van der Waals surface area contributed by atoms with Crippen molar-refractivity contribution in [1.82, 2.24) is 5.32 Å². The van der Waals surface area contributed by atoms with Gasteiger partial charge in [0.15, 0.2) is 0 Å². The second-order valence-electron chi connectivity index (χ2n) is 5.78. The van der Waals surface area contributed by atoms with Gasteiger partial charge in [-0.2, -0.15) is 0 Å². The van der Waals surface area contributed by atoms with E-state index in [1.807, 2.05) is 60.7 Å². The van der Waals surface area contributed by atoms with Crippen LogP contribution in [0.5, 0.6) is 0 Å². The maximum absolute atomic E-state index is 12.3. The van der Waals surface area contributed by atoms with Crippen LogP contribution >= 0.6 is 0 Å². The molecule has 0 heterocycles. The highest BCUT2D eigenvalue weighted by Gasteiger charge is 2.17. The van der Waals surface area contributed by atoms with Crippen LogP contribution in [0, 0.1) is 0 Å². The van der Waals surface area contributed by atoms with Gasteiger partial charge in [-0.1, -0.05) is 60.7 Å². The predicted octanol–water partition coefficient (Wildman–Crippen LogP) is 3.58. The first-order valence-corrected chi connectivity index (χ1v) is 8.25. The number of benzene rings is 2. The van der Waals surface area contributed by atoms with Crippen LogP contribution < -0.4 is 5.32 Å². The number of carboxylic acids is 1. The number of carboxylic acid groups (broad SMARTS) is 1. The molecule has 0 bridgehead atoms. The Kier molecular flexibility index (Phi) is 7.02. The molecule has 0 unspecified atom stereocenters. The summed E-state index contributed by atoms with van der Waals surface area (Å²) in [6, 6.07) is 20.0. The highest BCUT2D eigenvalue weighted by molar-refractivity contribution is 5.77. The summed E-state index contributed by atoms with van der Waals surface area (Å²) in [6.07, 6.45) is 1.79. The molecule has 0 saturated heterocycles. The van der Waals surface area contributed by atoms with Gasteiger partial charge < -0.3 is 10.4 Å². The minimum atomic E-state index is -0.797. The minimum Gasteiger partial charge on any atom is -0.481 e. The molecule has 2 rings (SSSR count). The molecule has 0 atom stereocenters. The Labute approximate surface area is 142 Å². The highest BCUT2D eigenvalue weighted by Crippen LogP contribution is 2.27. The summed E-state index contributed by atoms with van der Waals surface area (Å²) in [4.78, 5) is 22.7. The van der Waals surface area contributed by atoms with Gasteiger partial charge in [0, 0.05) is 25.3 Å². The van der Waals surface area contributed by atoms with E-state index in [0.29, 0.717) is 25.8 Å². The Hall–Kier alpha value is -2.62. The van der Waals surface area contributed by atoms with Gasteiger partial charge >= 0.3 is 5.97 Å². The molecule has 126 valence electrons. The van der Waals surface area contributed by atoms with Gasteiger partial charge in [-0.15, -0.1) is 0 Å². The molecule has 24 heavy (non-hydrogen) atoms. The van der Waals surface area contributed by atoms with E-state index in [2.05, 4.69) is 5.32 Å². The van der Waals surface area contributed by atoms with E-state index in [9.17, 15) is 9.59 Å². The van der Waals surface area contributed by atoms with Crippen LogP contribution in [-0.2, 0) is 9.59 Å². The van der Waals surface area contributed by atoms with Crippen LogP contribution in [0.15, 0.2) is 60.7 Å². The smallest absolute Gasteiger partial charge is 0.303 e. The summed E-state index contributed by atoms with van der Waals surface area (Å²) in [5.41, 5.74) is 2.23. The third-order valence-electron chi connectivity index (χ3n) is 3.93. The van der Waals surface area contributed by atoms with E-state index >= 15 is 0 Å². The van der Waals surface area contributed by atoms with Crippen LogP contribution in [0.3, 0.4) is 0 Å². The zero-order valence-corrected chi connectivity index (χ0v) is 13.7. The van der Waals surface area contributed by atoms with Crippen molar-refractivity contribution in [3.8, 4) is 0 Å². The Balaban J connectivity index is 1.94. The van der Waals surface area contributed by atoms with Crippen LogP contribution in [0.25, 0.3) is 0 Å². The lowest BCUT2D eigenvalue weighted by atomic mass is 9.88. The van der Waals surface area contributed by atoms with E-state index < -0.39 is 5.97 Å². The molecule has 4 heteroatoms. The molecule has 0 aliphatic heterocycles. The van der Waals surface area contributed by atoms with Gasteiger partial charge in [-0.3, -0.25) is 9.59 Å². The molecular formula is C20H23NO3. The fraction of sp³-hybridized carbons (Fsp3) is 0.300. The lowest BCUT2D eigenvalue weighted by molar-refractivity contribution is -0.137. The van der Waals surface area contributed by atoms with Gasteiger partial charge in [-0.05, 0) is 24.0 Å². The monoisotopic (exact) mass is 325 g/mol. The lowest BCUT2D eigenvalue weighted by Crippen LogP contribution is -2.26. The molecule has 0 fully saturated rings. The highest BCUT2D eigenvalue weighted by atomic mass is 16.4. The molecule has 1 amide bonds. The summed E-state index contributed by atoms with van der Waals surface area (Å²) in [5.74, 6) is -0.788. The number of nitrogens with one attached hydrogen (secondary N) is 1. The number of aliphatic carboxylic acids is 1. The van der Waals surface area contributed by atoms with Crippen molar-refractivity contribution in [2.45, 2.75) is 31.6 Å². The largest absolute Gasteiger partial charge is 0.481 e. The van der Waals surface area contributed by atoms with Crippen molar-refractivity contribution in [2.75, 3.05) is 6.54 Å². The molecule has 2 N–H and O–H groups in total. The molecule has 0 spiro atoms. The van der Waals surface area contributed by atoms with Gasteiger partial charge in [0.1, 0.15) is 0 Å². The number of rotatable bonds is 9. The van der Waals surface area contributed by atoms with Crippen LogP contribution in [0.4, 0.5) is 0 Å². The zero-order valence-electron chi connectivity index (χ0n) is 13.7. The van der Waals surface area contributed by atoms with Crippen molar-refractivity contribution >= 4 is 11.9 Å². The molecule has 0 aliphatic carbocycles. The summed E-state index contributed by atoms with van der Waals surface area (Å²) in [5, 5.41) is 11.5. The number of hydrogen-bond acceptors (Lipinski definition) is 2. The maximum atomic E-state index is 12.3. The van der Waals surface area contributed by atoms with Crippen LogP contribution in [0.2, 0.25) is 0 Å². The average molecular weight is 325 g/mol. The molecule has 0 radical (unpaired) electrons. The number of amides is 1. The van der Waals surface area contributed by atoms with E-state index in [1.54, 1.807) is 0 Å². The lowest BCUT2D eigenvalue weighted by Gasteiger charge is -2.18. The van der Waals surface area contributed by atoms with Gasteiger partial charge in [0.2, 0.25) is 5.91 Å². The molecular weight excluding hydrogens is 302 g/mol. The second-order valence-corrected chi connectivity index (χ2v) is 5.78. The minimum absolute atomic E-state index is 0.0111. The van der Waals surface area contributed by atoms with Crippen molar-refractivity contribution in [1.29, 1.82) is 0 Å². The zero-order chi connectivity index (χ0) is 17.2. The van der Waals surface area contributed by atoms with E-state index in [0.717, 1.165) is 11.1 Å². The van der Waals surface area contributed by atoms with Gasteiger partial charge in [0.05, 0.1) is 0 Å². The SMILES string of the molecule is O=C(O)CCCCNC(=O)CC(c1ccccc1)c1ccccc1. The molecule has 0 aliphatic rings. The van der Waals surface area contributed by atoms with E-state index in [1.165, 1.54) is 0 Å². The third kappa shape index (κ3) is 5.88. The summed E-state index contributed by atoms with van der Waals surface area (Å²) in [7, 11) is 0. The fourth-order valence-corrected chi connectivity index (χ4v) is 2.69. The second kappa shape index (κ2) is 9.50. The molecule has 0 aromatic heterocycles. The number of carbonyl (C=O) groups is 2. The summed E-state index contributed by atoms with van der Waals surface area (Å²) >= 11 is 0. The Morgan fingerprint density at radius 3 is 1.92 bits per heavy atom. The van der Waals surface area contributed by atoms with Crippen molar-refractivity contribution in [3.05, 3.63) is 71.8 Å². The number of unbranched alkanes of at least 4 members (excludes halogenated alkanes) is 1. The summed E-state index contributed by atoms with van der Waals surface area (Å²) < 4.78 is 0. The molecule has 0 saturated carbocycles. The van der Waals surface area contributed by atoms with Gasteiger partial charge in [-0.25, -0.2) is 0 Å². The average Bonchev–Trinajstić information content (AvgIpc) is 2.60.